The Balaban J connectivity index is 2.02. The highest BCUT2D eigenvalue weighted by Gasteiger charge is 2.20. The number of carboxylic acids is 1. The summed E-state index contributed by atoms with van der Waals surface area (Å²) < 4.78 is 3.05. The summed E-state index contributed by atoms with van der Waals surface area (Å²) in [6.07, 6.45) is 0.983. The molecule has 142 valence electrons. The normalized spacial score (nSPS) is 11.3. The zero-order valence-electron chi connectivity index (χ0n) is 15.4. The largest absolute Gasteiger partial charge is 0.477 e. The van der Waals surface area contributed by atoms with Gasteiger partial charge in [0.05, 0.1) is 11.4 Å². The van der Waals surface area contributed by atoms with Crippen molar-refractivity contribution in [3.8, 4) is 5.69 Å². The lowest BCUT2D eigenvalue weighted by Crippen LogP contribution is -2.22. The predicted molar refractivity (Wildman–Crippen MR) is 106 cm³/mol. The molecule has 0 saturated carbocycles. The van der Waals surface area contributed by atoms with Gasteiger partial charge in [-0.05, 0) is 19.1 Å². The standard InChI is InChI=1S/C21H19N3O4/c1-14-19(20(26)24(23(14)2)16-11-7-4-8-12-16)22-17(21(27)28)13-18(25)15-9-5-3-6-10-15/h3-13,22H,1-2H3,(H,27,28). The molecule has 0 bridgehead atoms. The summed E-state index contributed by atoms with van der Waals surface area (Å²) in [5, 5.41) is 12.1. The highest BCUT2D eigenvalue weighted by molar-refractivity contribution is 6.09. The van der Waals surface area contributed by atoms with Gasteiger partial charge >= 0.3 is 5.97 Å². The second-order valence-corrected chi connectivity index (χ2v) is 6.15. The van der Waals surface area contributed by atoms with Gasteiger partial charge in [-0.15, -0.1) is 0 Å². The Hall–Kier alpha value is -3.87. The minimum absolute atomic E-state index is 0.0980. The first-order valence-corrected chi connectivity index (χ1v) is 8.55. The van der Waals surface area contributed by atoms with Crippen LogP contribution in [0, 0.1) is 6.92 Å². The SMILES string of the molecule is Cc1c(NC(=CC(=O)c2ccccc2)C(=O)O)c(=O)n(-c2ccccc2)n1C. The molecule has 0 amide bonds. The van der Waals surface area contributed by atoms with Gasteiger partial charge in [0.15, 0.2) is 5.78 Å². The van der Waals surface area contributed by atoms with E-state index in [2.05, 4.69) is 5.32 Å². The van der Waals surface area contributed by atoms with Crippen molar-refractivity contribution in [1.82, 2.24) is 9.36 Å². The van der Waals surface area contributed by atoms with Crippen molar-refractivity contribution in [2.45, 2.75) is 6.92 Å². The number of aromatic nitrogens is 2. The van der Waals surface area contributed by atoms with E-state index in [1.807, 2.05) is 6.07 Å². The third-order valence-corrected chi connectivity index (χ3v) is 4.38. The summed E-state index contributed by atoms with van der Waals surface area (Å²) in [5.41, 5.74) is 0.848. The summed E-state index contributed by atoms with van der Waals surface area (Å²) >= 11 is 0. The number of nitrogens with one attached hydrogen (secondary N) is 1. The molecule has 2 N–H and O–H groups in total. The van der Waals surface area contributed by atoms with E-state index in [0.29, 0.717) is 16.9 Å². The molecule has 0 atom stereocenters. The molecule has 7 heteroatoms. The van der Waals surface area contributed by atoms with E-state index >= 15 is 0 Å². The lowest BCUT2D eigenvalue weighted by Gasteiger charge is -2.07. The van der Waals surface area contributed by atoms with E-state index in [4.69, 9.17) is 0 Å². The summed E-state index contributed by atoms with van der Waals surface area (Å²) in [4.78, 5) is 36.9. The van der Waals surface area contributed by atoms with Crippen molar-refractivity contribution in [2.75, 3.05) is 5.32 Å². The molecule has 0 radical (unpaired) electrons. The van der Waals surface area contributed by atoms with E-state index in [1.165, 1.54) is 4.68 Å². The summed E-state index contributed by atoms with van der Waals surface area (Å²) in [7, 11) is 1.70. The molecule has 0 saturated heterocycles. The molecule has 2 aromatic carbocycles. The van der Waals surface area contributed by atoms with E-state index in [0.717, 1.165) is 6.08 Å². The third-order valence-electron chi connectivity index (χ3n) is 4.38. The Morgan fingerprint density at radius 1 is 1.00 bits per heavy atom. The molecular formula is C21H19N3O4. The number of para-hydroxylation sites is 1. The van der Waals surface area contributed by atoms with Crippen LogP contribution in [0.3, 0.4) is 0 Å². The zero-order valence-corrected chi connectivity index (χ0v) is 15.4. The van der Waals surface area contributed by atoms with E-state index in [-0.39, 0.29) is 11.4 Å². The number of carboxylic acid groups (broad SMARTS) is 1. The summed E-state index contributed by atoms with van der Waals surface area (Å²) in [6, 6.07) is 17.3. The Labute approximate surface area is 161 Å². The lowest BCUT2D eigenvalue weighted by molar-refractivity contribution is -0.132. The third kappa shape index (κ3) is 3.64. The van der Waals surface area contributed by atoms with E-state index < -0.39 is 17.3 Å². The van der Waals surface area contributed by atoms with Crippen LogP contribution in [-0.4, -0.2) is 26.2 Å². The predicted octanol–water partition coefficient (Wildman–Crippen LogP) is 2.75. The molecule has 1 heterocycles. The first-order valence-electron chi connectivity index (χ1n) is 8.55. The van der Waals surface area contributed by atoms with Gasteiger partial charge in [-0.2, -0.15) is 0 Å². The maximum atomic E-state index is 12.9. The Kier molecular flexibility index (Phi) is 5.26. The second kappa shape index (κ2) is 7.79. The molecule has 0 fully saturated rings. The monoisotopic (exact) mass is 377 g/mol. The van der Waals surface area contributed by atoms with Gasteiger partial charge < -0.3 is 10.4 Å². The van der Waals surface area contributed by atoms with Crippen LogP contribution in [0.1, 0.15) is 16.1 Å². The number of carbonyl (C=O) groups is 2. The minimum atomic E-state index is -1.34. The number of nitrogens with zero attached hydrogens (tertiary/aromatic N) is 2. The molecule has 7 nitrogen and oxygen atoms in total. The van der Waals surface area contributed by atoms with Gasteiger partial charge in [-0.25, -0.2) is 9.48 Å². The Morgan fingerprint density at radius 3 is 2.14 bits per heavy atom. The maximum Gasteiger partial charge on any atom is 0.352 e. The van der Waals surface area contributed by atoms with Crippen LogP contribution in [0.2, 0.25) is 0 Å². The number of hydrogen-bond acceptors (Lipinski definition) is 4. The van der Waals surface area contributed by atoms with E-state index in [1.54, 1.807) is 73.3 Å². The minimum Gasteiger partial charge on any atom is -0.477 e. The van der Waals surface area contributed by atoms with Crippen molar-refractivity contribution in [2.24, 2.45) is 7.05 Å². The summed E-state index contributed by atoms with van der Waals surface area (Å²) in [6.45, 7) is 1.70. The molecule has 28 heavy (non-hydrogen) atoms. The average Bonchev–Trinajstić information content (AvgIpc) is 2.91. The van der Waals surface area contributed by atoms with Crippen molar-refractivity contribution in [3.63, 3.8) is 0 Å². The van der Waals surface area contributed by atoms with Gasteiger partial charge in [0.25, 0.3) is 5.56 Å². The number of carbonyl (C=O) groups excluding carboxylic acids is 1. The lowest BCUT2D eigenvalue weighted by atomic mass is 10.1. The number of aliphatic carboxylic acids is 1. The van der Waals surface area contributed by atoms with Crippen LogP contribution in [0.15, 0.2) is 77.2 Å². The molecule has 3 aromatic rings. The molecule has 1 aromatic heterocycles. The van der Waals surface area contributed by atoms with Crippen LogP contribution < -0.4 is 10.9 Å². The fourth-order valence-electron chi connectivity index (χ4n) is 2.82. The molecule has 0 aliphatic heterocycles. The average molecular weight is 377 g/mol. The van der Waals surface area contributed by atoms with Gasteiger partial charge in [-0.1, -0.05) is 48.5 Å². The summed E-state index contributed by atoms with van der Waals surface area (Å²) in [5.74, 6) is -1.80. The fraction of sp³-hybridized carbons (Fsp3) is 0.0952. The molecular weight excluding hydrogens is 358 g/mol. The quantitative estimate of drug-likeness (QED) is 0.509. The highest BCUT2D eigenvalue weighted by atomic mass is 16.4. The van der Waals surface area contributed by atoms with Crippen LogP contribution in [-0.2, 0) is 11.8 Å². The number of benzene rings is 2. The Bertz CT molecular complexity index is 1110. The molecule has 3 rings (SSSR count). The molecule has 0 spiro atoms. The van der Waals surface area contributed by atoms with Crippen molar-refractivity contribution < 1.29 is 14.7 Å². The number of anilines is 1. The van der Waals surface area contributed by atoms with E-state index in [9.17, 15) is 19.5 Å². The number of hydrogen-bond donors (Lipinski definition) is 2. The van der Waals surface area contributed by atoms with Crippen molar-refractivity contribution in [1.29, 1.82) is 0 Å². The number of allylic oxidation sites excluding steroid dienone is 1. The van der Waals surface area contributed by atoms with Gasteiger partial charge in [-0.3, -0.25) is 14.3 Å². The molecule has 0 aliphatic carbocycles. The van der Waals surface area contributed by atoms with Crippen LogP contribution in [0.25, 0.3) is 5.69 Å². The van der Waals surface area contributed by atoms with Gasteiger partial charge in [0.1, 0.15) is 11.4 Å². The van der Waals surface area contributed by atoms with Crippen LogP contribution >= 0.6 is 0 Å². The van der Waals surface area contributed by atoms with Crippen LogP contribution in [0.4, 0.5) is 5.69 Å². The Morgan fingerprint density at radius 2 is 1.57 bits per heavy atom. The highest BCUT2D eigenvalue weighted by Crippen LogP contribution is 2.16. The van der Waals surface area contributed by atoms with Crippen molar-refractivity contribution >= 4 is 17.4 Å². The topological polar surface area (TPSA) is 93.3 Å². The van der Waals surface area contributed by atoms with Gasteiger partial charge in [0, 0.05) is 18.7 Å². The zero-order chi connectivity index (χ0) is 20.3. The molecule has 0 aliphatic rings. The number of ketones is 1. The van der Waals surface area contributed by atoms with Crippen LogP contribution in [0.5, 0.6) is 0 Å². The maximum absolute atomic E-state index is 12.9. The fourth-order valence-corrected chi connectivity index (χ4v) is 2.82. The number of rotatable bonds is 6. The first kappa shape index (κ1) is 18.9. The van der Waals surface area contributed by atoms with Crippen molar-refractivity contribution in [3.05, 3.63) is 94.0 Å². The second-order valence-electron chi connectivity index (χ2n) is 6.15. The molecule has 0 unspecified atom stereocenters. The smallest absolute Gasteiger partial charge is 0.352 e. The first-order chi connectivity index (χ1) is 13.4. The van der Waals surface area contributed by atoms with Gasteiger partial charge in [0.2, 0.25) is 0 Å².